The maximum Gasteiger partial charge on any atom is 0.325 e. The fourth-order valence-electron chi connectivity index (χ4n) is 0.982. The quantitative estimate of drug-likeness (QED) is 0.693. The second kappa shape index (κ2) is 3.44. The van der Waals surface area contributed by atoms with Gasteiger partial charge in [-0.3, -0.25) is 4.79 Å². The van der Waals surface area contributed by atoms with Crippen molar-refractivity contribution in [3.8, 4) is 5.88 Å². The van der Waals surface area contributed by atoms with Gasteiger partial charge in [0.25, 0.3) is 5.88 Å². The van der Waals surface area contributed by atoms with E-state index in [0.29, 0.717) is 5.76 Å². The molecule has 0 bridgehead atoms. The highest BCUT2D eigenvalue weighted by atomic mass is 16.5. The lowest BCUT2D eigenvalue weighted by molar-refractivity contribution is -0.138. The Morgan fingerprint density at radius 3 is 2.85 bits per heavy atom. The standard InChI is InChI=1S/C7H10N2O4/c1-3-4(5(8)7(10)11)6(12-2)9-13-3/h5H,8H2,1-2H3,(H,10,11). The molecule has 0 aliphatic rings. The molecule has 72 valence electrons. The molecule has 1 atom stereocenters. The maximum atomic E-state index is 10.6. The van der Waals surface area contributed by atoms with E-state index < -0.39 is 12.0 Å². The minimum absolute atomic E-state index is 0.118. The first kappa shape index (κ1) is 9.53. The van der Waals surface area contributed by atoms with Gasteiger partial charge in [-0.25, -0.2) is 0 Å². The number of methoxy groups -OCH3 is 1. The number of aryl methyl sites for hydroxylation is 1. The molecule has 0 saturated carbocycles. The van der Waals surface area contributed by atoms with Crippen LogP contribution in [0, 0.1) is 6.92 Å². The summed E-state index contributed by atoms with van der Waals surface area (Å²) < 4.78 is 9.53. The molecular formula is C7H10N2O4. The summed E-state index contributed by atoms with van der Waals surface area (Å²) in [6.07, 6.45) is 0. The molecule has 1 rings (SSSR count). The van der Waals surface area contributed by atoms with E-state index in [2.05, 4.69) is 5.16 Å². The summed E-state index contributed by atoms with van der Waals surface area (Å²) in [5.74, 6) is -0.677. The molecule has 0 radical (unpaired) electrons. The van der Waals surface area contributed by atoms with Gasteiger partial charge < -0.3 is 20.1 Å². The van der Waals surface area contributed by atoms with Crippen LogP contribution in [0.1, 0.15) is 17.4 Å². The number of aliphatic carboxylic acids is 1. The van der Waals surface area contributed by atoms with Crippen LogP contribution in [0.25, 0.3) is 0 Å². The third-order valence-electron chi connectivity index (χ3n) is 1.65. The van der Waals surface area contributed by atoms with Gasteiger partial charge in [-0.2, -0.15) is 0 Å². The lowest BCUT2D eigenvalue weighted by atomic mass is 10.1. The van der Waals surface area contributed by atoms with E-state index in [1.54, 1.807) is 6.92 Å². The summed E-state index contributed by atoms with van der Waals surface area (Å²) in [5.41, 5.74) is 5.65. The first-order chi connectivity index (χ1) is 6.07. The molecule has 0 aliphatic carbocycles. The van der Waals surface area contributed by atoms with Crippen LogP contribution < -0.4 is 10.5 Å². The number of nitrogens with two attached hydrogens (primary N) is 1. The van der Waals surface area contributed by atoms with Crippen molar-refractivity contribution in [1.82, 2.24) is 5.16 Å². The molecule has 6 nitrogen and oxygen atoms in total. The molecule has 0 fully saturated rings. The number of rotatable bonds is 3. The molecule has 0 spiro atoms. The zero-order chi connectivity index (χ0) is 10.0. The van der Waals surface area contributed by atoms with Gasteiger partial charge in [0, 0.05) is 0 Å². The Hall–Kier alpha value is -1.56. The number of ether oxygens (including phenoxy) is 1. The number of carboxylic acids is 1. The highest BCUT2D eigenvalue weighted by Gasteiger charge is 2.25. The zero-order valence-electron chi connectivity index (χ0n) is 7.27. The van der Waals surface area contributed by atoms with E-state index in [1.165, 1.54) is 7.11 Å². The van der Waals surface area contributed by atoms with E-state index in [-0.39, 0.29) is 11.4 Å². The lowest BCUT2D eigenvalue weighted by Gasteiger charge is -2.04. The molecule has 6 heteroatoms. The molecule has 13 heavy (non-hydrogen) atoms. The predicted molar refractivity (Wildman–Crippen MR) is 42.4 cm³/mol. The summed E-state index contributed by atoms with van der Waals surface area (Å²) >= 11 is 0. The summed E-state index contributed by atoms with van der Waals surface area (Å²) in [6.45, 7) is 1.58. The Labute approximate surface area is 74.3 Å². The zero-order valence-corrected chi connectivity index (χ0v) is 7.27. The molecule has 0 saturated heterocycles. The molecular weight excluding hydrogens is 176 g/mol. The van der Waals surface area contributed by atoms with Gasteiger partial charge in [0.2, 0.25) is 0 Å². The van der Waals surface area contributed by atoms with Gasteiger partial charge in [0.1, 0.15) is 11.8 Å². The van der Waals surface area contributed by atoms with E-state index in [0.717, 1.165) is 0 Å². The predicted octanol–water partition coefficient (Wildman–Crippen LogP) is 0.0760. The fraction of sp³-hybridized carbons (Fsp3) is 0.429. The molecule has 1 aromatic heterocycles. The molecule has 0 amide bonds. The SMILES string of the molecule is COc1noc(C)c1C(N)C(=O)O. The van der Waals surface area contributed by atoms with Crippen LogP contribution in [-0.4, -0.2) is 23.3 Å². The Kier molecular flexibility index (Phi) is 2.52. The van der Waals surface area contributed by atoms with Gasteiger partial charge in [0.05, 0.1) is 12.7 Å². The van der Waals surface area contributed by atoms with Crippen molar-refractivity contribution in [3.63, 3.8) is 0 Å². The van der Waals surface area contributed by atoms with E-state index in [9.17, 15) is 4.79 Å². The van der Waals surface area contributed by atoms with Crippen LogP contribution in [0.5, 0.6) is 5.88 Å². The molecule has 1 unspecified atom stereocenters. The number of aromatic nitrogens is 1. The normalized spacial score (nSPS) is 12.5. The van der Waals surface area contributed by atoms with Crippen molar-refractivity contribution in [2.45, 2.75) is 13.0 Å². The highest BCUT2D eigenvalue weighted by Crippen LogP contribution is 2.25. The van der Waals surface area contributed by atoms with Crippen LogP contribution in [0.2, 0.25) is 0 Å². The Bertz CT molecular complexity index is 320. The van der Waals surface area contributed by atoms with Crippen molar-refractivity contribution in [1.29, 1.82) is 0 Å². The van der Waals surface area contributed by atoms with Gasteiger partial charge in [-0.05, 0) is 12.1 Å². The average Bonchev–Trinajstić information content (AvgIpc) is 2.45. The van der Waals surface area contributed by atoms with E-state index in [1.807, 2.05) is 0 Å². The summed E-state index contributed by atoms with van der Waals surface area (Å²) in [7, 11) is 1.37. The maximum absolute atomic E-state index is 10.6. The van der Waals surface area contributed by atoms with E-state index >= 15 is 0 Å². The topological polar surface area (TPSA) is 98.6 Å². The summed E-state index contributed by atoms with van der Waals surface area (Å²) in [4.78, 5) is 10.6. The van der Waals surface area contributed by atoms with Crippen LogP contribution in [0.4, 0.5) is 0 Å². The van der Waals surface area contributed by atoms with Crippen LogP contribution in [0.3, 0.4) is 0 Å². The Morgan fingerprint density at radius 2 is 2.38 bits per heavy atom. The van der Waals surface area contributed by atoms with Gasteiger partial charge in [-0.15, -0.1) is 0 Å². The van der Waals surface area contributed by atoms with Gasteiger partial charge in [0.15, 0.2) is 0 Å². The molecule has 3 N–H and O–H groups in total. The van der Waals surface area contributed by atoms with Crippen molar-refractivity contribution < 1.29 is 19.2 Å². The number of hydrogen-bond acceptors (Lipinski definition) is 5. The number of hydrogen-bond donors (Lipinski definition) is 2. The summed E-state index contributed by atoms with van der Waals surface area (Å²) in [6, 6.07) is -1.17. The summed E-state index contributed by atoms with van der Waals surface area (Å²) in [5, 5.41) is 12.1. The molecule has 1 aromatic rings. The fourth-order valence-corrected chi connectivity index (χ4v) is 0.982. The highest BCUT2D eigenvalue weighted by molar-refractivity contribution is 5.76. The van der Waals surface area contributed by atoms with Gasteiger partial charge >= 0.3 is 5.97 Å². The first-order valence-corrected chi connectivity index (χ1v) is 3.56. The number of carbonyl (C=O) groups is 1. The Morgan fingerprint density at radius 1 is 1.77 bits per heavy atom. The smallest absolute Gasteiger partial charge is 0.325 e. The van der Waals surface area contributed by atoms with Crippen molar-refractivity contribution in [2.24, 2.45) is 5.73 Å². The van der Waals surface area contributed by atoms with Crippen molar-refractivity contribution >= 4 is 5.97 Å². The van der Waals surface area contributed by atoms with Crippen LogP contribution >= 0.6 is 0 Å². The minimum atomic E-state index is -1.17. The van der Waals surface area contributed by atoms with Crippen LogP contribution in [-0.2, 0) is 4.79 Å². The van der Waals surface area contributed by atoms with Crippen LogP contribution in [0.15, 0.2) is 4.52 Å². The molecule has 0 aliphatic heterocycles. The van der Waals surface area contributed by atoms with Gasteiger partial charge in [-0.1, -0.05) is 0 Å². The second-order valence-corrected chi connectivity index (χ2v) is 2.48. The lowest BCUT2D eigenvalue weighted by Crippen LogP contribution is -2.21. The Balaban J connectivity index is 3.10. The minimum Gasteiger partial charge on any atom is -0.480 e. The van der Waals surface area contributed by atoms with Crippen molar-refractivity contribution in [3.05, 3.63) is 11.3 Å². The third-order valence-corrected chi connectivity index (χ3v) is 1.65. The molecule has 0 aromatic carbocycles. The number of carboxylic acid groups (broad SMARTS) is 1. The third kappa shape index (κ3) is 1.62. The monoisotopic (exact) mass is 186 g/mol. The van der Waals surface area contributed by atoms with E-state index in [4.69, 9.17) is 20.1 Å². The first-order valence-electron chi connectivity index (χ1n) is 3.56. The molecule has 1 heterocycles. The largest absolute Gasteiger partial charge is 0.480 e. The number of nitrogens with zero attached hydrogens (tertiary/aromatic N) is 1. The van der Waals surface area contributed by atoms with Crippen molar-refractivity contribution in [2.75, 3.05) is 7.11 Å². The second-order valence-electron chi connectivity index (χ2n) is 2.48. The average molecular weight is 186 g/mol.